The second-order valence-corrected chi connectivity index (χ2v) is 8.11. The van der Waals surface area contributed by atoms with Gasteiger partial charge < -0.3 is 15.5 Å². The monoisotopic (exact) mass is 428 g/mol. The van der Waals surface area contributed by atoms with Crippen LogP contribution in [0.3, 0.4) is 0 Å². The Morgan fingerprint density at radius 2 is 1.81 bits per heavy atom. The summed E-state index contributed by atoms with van der Waals surface area (Å²) in [6.07, 6.45) is 3.19. The highest BCUT2D eigenvalue weighted by atomic mass is 19.1. The molecule has 2 heterocycles. The second-order valence-electron chi connectivity index (χ2n) is 8.11. The Morgan fingerprint density at radius 1 is 1.03 bits per heavy atom. The Kier molecular flexibility index (Phi) is 6.18. The number of benzene rings is 2. The van der Waals surface area contributed by atoms with Crippen LogP contribution in [0.25, 0.3) is 0 Å². The fourth-order valence-corrected chi connectivity index (χ4v) is 4.34. The number of likely N-dealkylation sites (tertiary alicyclic amines) is 1. The molecule has 1 atom stereocenters. The molecular formula is C23H26F2N4O2. The number of rotatable bonds is 5. The van der Waals surface area contributed by atoms with Gasteiger partial charge in [-0.1, -0.05) is 12.1 Å². The third-order valence-corrected chi connectivity index (χ3v) is 6.04. The summed E-state index contributed by atoms with van der Waals surface area (Å²) in [5.41, 5.74) is 3.40. The highest BCUT2D eigenvalue weighted by Crippen LogP contribution is 2.32. The van der Waals surface area contributed by atoms with Gasteiger partial charge in [0.05, 0.1) is 11.7 Å². The number of fused-ring (bicyclic) bond motifs is 1. The third-order valence-electron chi connectivity index (χ3n) is 6.04. The zero-order chi connectivity index (χ0) is 22.0. The standard InChI is InChI=1S/C23H26F2N4O2/c1-28-11-8-16-12-15(4-7-20(16)28)21(29-9-2-3-10-29)14-26-22(30)23(31)27-19-6-5-17(24)13-18(19)25/h4-7,12-13,21H,2-3,8-11,14H2,1H3,(H,26,30)(H,27,31)/t21-/m0/s1. The van der Waals surface area contributed by atoms with Crippen molar-refractivity contribution in [2.24, 2.45) is 0 Å². The van der Waals surface area contributed by atoms with Gasteiger partial charge in [-0.05, 0) is 61.7 Å². The minimum atomic E-state index is -0.985. The summed E-state index contributed by atoms with van der Waals surface area (Å²) in [7, 11) is 2.08. The number of nitrogens with zero attached hydrogens (tertiary/aromatic N) is 2. The maximum Gasteiger partial charge on any atom is 0.313 e. The van der Waals surface area contributed by atoms with Gasteiger partial charge in [0.15, 0.2) is 0 Å². The molecule has 8 heteroatoms. The van der Waals surface area contributed by atoms with E-state index in [-0.39, 0.29) is 18.3 Å². The minimum Gasteiger partial charge on any atom is -0.374 e. The van der Waals surface area contributed by atoms with Crippen LogP contribution in [0.5, 0.6) is 0 Å². The molecule has 2 aliphatic rings. The predicted octanol–water partition coefficient (Wildman–Crippen LogP) is 2.85. The molecule has 2 aromatic carbocycles. The summed E-state index contributed by atoms with van der Waals surface area (Å²) in [5, 5.41) is 4.88. The Morgan fingerprint density at radius 3 is 2.55 bits per heavy atom. The van der Waals surface area contributed by atoms with Crippen LogP contribution in [0.4, 0.5) is 20.2 Å². The van der Waals surface area contributed by atoms with E-state index < -0.39 is 23.4 Å². The SMILES string of the molecule is CN1CCc2cc([C@H](CNC(=O)C(=O)Nc3ccc(F)cc3F)N3CCCC3)ccc21. The van der Waals surface area contributed by atoms with Gasteiger partial charge in [0.1, 0.15) is 11.6 Å². The maximum atomic E-state index is 13.8. The van der Waals surface area contributed by atoms with Gasteiger partial charge in [-0.3, -0.25) is 14.5 Å². The molecule has 164 valence electrons. The lowest BCUT2D eigenvalue weighted by molar-refractivity contribution is -0.136. The van der Waals surface area contributed by atoms with Crippen LogP contribution in [-0.4, -0.2) is 49.9 Å². The fraction of sp³-hybridized carbons (Fsp3) is 0.391. The fourth-order valence-electron chi connectivity index (χ4n) is 4.34. The normalized spacial score (nSPS) is 16.8. The lowest BCUT2D eigenvalue weighted by Gasteiger charge is -2.28. The van der Waals surface area contributed by atoms with Crippen LogP contribution >= 0.6 is 0 Å². The van der Waals surface area contributed by atoms with Crippen molar-refractivity contribution in [3.05, 3.63) is 59.2 Å². The predicted molar refractivity (Wildman–Crippen MR) is 115 cm³/mol. The number of hydrogen-bond acceptors (Lipinski definition) is 4. The molecule has 31 heavy (non-hydrogen) atoms. The summed E-state index contributed by atoms with van der Waals surface area (Å²) < 4.78 is 26.8. The molecule has 0 spiro atoms. The number of anilines is 2. The summed E-state index contributed by atoms with van der Waals surface area (Å²) in [5.74, 6) is -3.52. The van der Waals surface area contributed by atoms with Gasteiger partial charge in [-0.15, -0.1) is 0 Å². The Bertz CT molecular complexity index is 992. The van der Waals surface area contributed by atoms with Gasteiger partial charge in [0.2, 0.25) is 0 Å². The van der Waals surface area contributed by atoms with Gasteiger partial charge in [0.25, 0.3) is 0 Å². The zero-order valence-electron chi connectivity index (χ0n) is 17.5. The van der Waals surface area contributed by atoms with E-state index in [1.165, 1.54) is 11.3 Å². The van der Waals surface area contributed by atoms with Crippen molar-refractivity contribution in [1.29, 1.82) is 0 Å². The summed E-state index contributed by atoms with van der Waals surface area (Å²) in [6.45, 7) is 3.13. The summed E-state index contributed by atoms with van der Waals surface area (Å²) in [4.78, 5) is 29.1. The first-order chi connectivity index (χ1) is 14.9. The topological polar surface area (TPSA) is 64.7 Å². The van der Waals surface area contributed by atoms with E-state index in [2.05, 4.69) is 45.7 Å². The molecule has 0 radical (unpaired) electrons. The number of amides is 2. The molecule has 2 amide bonds. The number of carbonyl (C=O) groups is 2. The van der Waals surface area contributed by atoms with Crippen LogP contribution in [0, 0.1) is 11.6 Å². The van der Waals surface area contributed by atoms with Crippen LogP contribution in [-0.2, 0) is 16.0 Å². The van der Waals surface area contributed by atoms with Gasteiger partial charge in [-0.25, -0.2) is 8.78 Å². The van der Waals surface area contributed by atoms with Crippen molar-refractivity contribution in [2.75, 3.05) is 43.4 Å². The molecular weight excluding hydrogens is 402 g/mol. The Hall–Kier alpha value is -3.00. The van der Waals surface area contributed by atoms with E-state index >= 15 is 0 Å². The second kappa shape index (κ2) is 9.01. The van der Waals surface area contributed by atoms with E-state index in [4.69, 9.17) is 0 Å². The largest absolute Gasteiger partial charge is 0.374 e. The van der Waals surface area contributed by atoms with E-state index in [9.17, 15) is 18.4 Å². The summed E-state index contributed by atoms with van der Waals surface area (Å²) >= 11 is 0. The molecule has 1 fully saturated rings. The first kappa shape index (κ1) is 21.2. The number of carbonyl (C=O) groups excluding carboxylic acids is 2. The van der Waals surface area contributed by atoms with Crippen molar-refractivity contribution in [3.63, 3.8) is 0 Å². The average Bonchev–Trinajstić information content (AvgIpc) is 3.40. The zero-order valence-corrected chi connectivity index (χ0v) is 17.5. The van der Waals surface area contributed by atoms with Crippen LogP contribution < -0.4 is 15.5 Å². The Balaban J connectivity index is 1.44. The van der Waals surface area contributed by atoms with Crippen molar-refractivity contribution in [2.45, 2.75) is 25.3 Å². The van der Waals surface area contributed by atoms with Crippen molar-refractivity contribution in [3.8, 4) is 0 Å². The van der Waals surface area contributed by atoms with Gasteiger partial charge in [0, 0.05) is 31.9 Å². The molecule has 2 aromatic rings. The molecule has 0 bridgehead atoms. The molecule has 2 N–H and O–H groups in total. The van der Waals surface area contributed by atoms with Gasteiger partial charge in [-0.2, -0.15) is 0 Å². The minimum absolute atomic E-state index is 0.0435. The van der Waals surface area contributed by atoms with Crippen LogP contribution in [0.1, 0.15) is 30.0 Å². The van der Waals surface area contributed by atoms with Gasteiger partial charge >= 0.3 is 11.8 Å². The molecule has 1 saturated heterocycles. The van der Waals surface area contributed by atoms with Crippen molar-refractivity contribution in [1.82, 2.24) is 10.2 Å². The molecule has 4 rings (SSSR count). The number of hydrogen-bond donors (Lipinski definition) is 2. The maximum absolute atomic E-state index is 13.8. The quantitative estimate of drug-likeness (QED) is 0.719. The molecule has 6 nitrogen and oxygen atoms in total. The van der Waals surface area contributed by atoms with E-state index in [1.54, 1.807) is 0 Å². The van der Waals surface area contributed by atoms with Crippen molar-refractivity contribution >= 4 is 23.2 Å². The molecule has 0 aromatic heterocycles. The van der Waals surface area contributed by atoms with E-state index in [1.807, 2.05) is 0 Å². The molecule has 0 unspecified atom stereocenters. The average molecular weight is 428 g/mol. The first-order valence-electron chi connectivity index (χ1n) is 10.5. The highest BCUT2D eigenvalue weighted by molar-refractivity contribution is 6.39. The molecule has 0 saturated carbocycles. The third kappa shape index (κ3) is 4.69. The number of nitrogens with one attached hydrogen (secondary N) is 2. The smallest absolute Gasteiger partial charge is 0.313 e. The molecule has 0 aliphatic carbocycles. The van der Waals surface area contributed by atoms with Crippen LogP contribution in [0.15, 0.2) is 36.4 Å². The lowest BCUT2D eigenvalue weighted by Crippen LogP contribution is -2.41. The number of halogens is 2. The van der Waals surface area contributed by atoms with E-state index in [0.29, 0.717) is 6.07 Å². The Labute approximate surface area is 180 Å². The van der Waals surface area contributed by atoms with Crippen molar-refractivity contribution < 1.29 is 18.4 Å². The van der Waals surface area contributed by atoms with Crippen LogP contribution in [0.2, 0.25) is 0 Å². The van der Waals surface area contributed by atoms with E-state index in [0.717, 1.165) is 56.6 Å². The number of likely N-dealkylation sites (N-methyl/N-ethyl adjacent to an activating group) is 1. The summed E-state index contributed by atoms with van der Waals surface area (Å²) in [6, 6.07) is 9.12. The molecule has 2 aliphatic heterocycles. The highest BCUT2D eigenvalue weighted by Gasteiger charge is 2.27. The first-order valence-corrected chi connectivity index (χ1v) is 10.5. The lowest BCUT2D eigenvalue weighted by atomic mass is 10.0.